The van der Waals surface area contributed by atoms with E-state index in [9.17, 15) is 0 Å². The van der Waals surface area contributed by atoms with E-state index in [1.54, 1.807) is 12.5 Å². The van der Waals surface area contributed by atoms with E-state index < -0.39 is 0 Å². The first-order chi connectivity index (χ1) is 10.7. The molecule has 0 amide bonds. The van der Waals surface area contributed by atoms with Gasteiger partial charge >= 0.3 is 0 Å². The van der Waals surface area contributed by atoms with Gasteiger partial charge in [-0.25, -0.2) is 0 Å². The molecular weight excluding hydrogens is 270 g/mol. The smallest absolute Gasteiger partial charge is 0.0980 e. The maximum absolute atomic E-state index is 5.16. The first kappa shape index (κ1) is 14.6. The number of hydrogen-bond donors (Lipinski definition) is 1. The van der Waals surface area contributed by atoms with E-state index in [1.807, 2.05) is 6.07 Å². The summed E-state index contributed by atoms with van der Waals surface area (Å²) in [5.74, 6) is 0. The van der Waals surface area contributed by atoms with Crippen molar-refractivity contribution in [3.05, 3.63) is 83.8 Å². The number of aryl methyl sites for hydroxylation is 1. The van der Waals surface area contributed by atoms with Gasteiger partial charge in [0.25, 0.3) is 0 Å². The summed E-state index contributed by atoms with van der Waals surface area (Å²) in [7, 11) is 0. The highest BCUT2D eigenvalue weighted by atomic mass is 16.3. The number of furan rings is 1. The van der Waals surface area contributed by atoms with Crippen LogP contribution in [0, 0.1) is 6.92 Å². The van der Waals surface area contributed by atoms with Crippen molar-refractivity contribution in [2.45, 2.75) is 26.4 Å². The Labute approximate surface area is 131 Å². The topological polar surface area (TPSA) is 25.2 Å². The van der Waals surface area contributed by atoms with Crippen LogP contribution in [0.5, 0.6) is 0 Å². The molecule has 3 rings (SSSR count). The number of rotatable bonds is 5. The normalized spacial score (nSPS) is 12.3. The summed E-state index contributed by atoms with van der Waals surface area (Å²) in [4.78, 5) is 0. The fourth-order valence-corrected chi connectivity index (χ4v) is 2.53. The Hall–Kier alpha value is -2.32. The van der Waals surface area contributed by atoms with Crippen LogP contribution < -0.4 is 5.32 Å². The number of hydrogen-bond acceptors (Lipinski definition) is 2. The predicted molar refractivity (Wildman–Crippen MR) is 90.6 cm³/mol. The third kappa shape index (κ3) is 3.46. The molecular formula is C20H21NO. The second-order valence-corrected chi connectivity index (χ2v) is 5.73. The zero-order chi connectivity index (χ0) is 15.4. The second-order valence-electron chi connectivity index (χ2n) is 5.73. The van der Waals surface area contributed by atoms with Gasteiger partial charge in [-0.05, 0) is 42.7 Å². The van der Waals surface area contributed by atoms with Crippen LogP contribution in [-0.4, -0.2) is 0 Å². The maximum atomic E-state index is 5.16. The van der Waals surface area contributed by atoms with Crippen LogP contribution in [0.1, 0.15) is 29.7 Å². The number of nitrogens with one attached hydrogen (secondary N) is 1. The van der Waals surface area contributed by atoms with Crippen molar-refractivity contribution >= 4 is 0 Å². The largest absolute Gasteiger partial charge is 0.472 e. The molecule has 1 N–H and O–H groups in total. The first-order valence-electron chi connectivity index (χ1n) is 7.64. The van der Waals surface area contributed by atoms with Crippen molar-refractivity contribution in [3.63, 3.8) is 0 Å². The van der Waals surface area contributed by atoms with E-state index in [0.717, 1.165) is 12.1 Å². The summed E-state index contributed by atoms with van der Waals surface area (Å²) >= 11 is 0. The van der Waals surface area contributed by atoms with Gasteiger partial charge < -0.3 is 9.73 Å². The average Bonchev–Trinajstić information content (AvgIpc) is 3.08. The Morgan fingerprint density at radius 2 is 1.82 bits per heavy atom. The molecule has 22 heavy (non-hydrogen) atoms. The van der Waals surface area contributed by atoms with E-state index in [2.05, 4.69) is 67.7 Å². The van der Waals surface area contributed by atoms with Gasteiger partial charge in [-0.15, -0.1) is 0 Å². The molecule has 0 aliphatic carbocycles. The summed E-state index contributed by atoms with van der Waals surface area (Å²) in [5, 5.41) is 3.58. The lowest BCUT2D eigenvalue weighted by Gasteiger charge is -2.15. The van der Waals surface area contributed by atoms with Crippen molar-refractivity contribution in [2.24, 2.45) is 0 Å². The molecule has 0 spiro atoms. The minimum atomic E-state index is 0.332. The van der Waals surface area contributed by atoms with E-state index >= 15 is 0 Å². The lowest BCUT2D eigenvalue weighted by Crippen LogP contribution is -2.18. The molecule has 0 saturated carbocycles. The Bertz CT molecular complexity index is 714. The highest BCUT2D eigenvalue weighted by Crippen LogP contribution is 2.21. The van der Waals surface area contributed by atoms with E-state index in [4.69, 9.17) is 4.42 Å². The summed E-state index contributed by atoms with van der Waals surface area (Å²) in [6.45, 7) is 5.16. The van der Waals surface area contributed by atoms with Gasteiger partial charge in [0.1, 0.15) is 0 Å². The molecule has 0 aliphatic heterocycles. The van der Waals surface area contributed by atoms with Crippen LogP contribution in [0.25, 0.3) is 11.1 Å². The van der Waals surface area contributed by atoms with Gasteiger partial charge in [-0.1, -0.05) is 48.0 Å². The Morgan fingerprint density at radius 1 is 1.00 bits per heavy atom. The van der Waals surface area contributed by atoms with Crippen LogP contribution in [0.4, 0.5) is 0 Å². The van der Waals surface area contributed by atoms with Crippen LogP contribution in [0.15, 0.2) is 71.5 Å². The molecule has 2 aromatic carbocycles. The van der Waals surface area contributed by atoms with E-state index in [-0.39, 0.29) is 0 Å². The van der Waals surface area contributed by atoms with Crippen molar-refractivity contribution < 1.29 is 4.42 Å². The maximum Gasteiger partial charge on any atom is 0.0980 e. The number of benzene rings is 2. The SMILES string of the molecule is Cc1ccc(C(C)NCc2cccc(-c3ccoc3)c2)cc1. The minimum Gasteiger partial charge on any atom is -0.472 e. The summed E-state index contributed by atoms with van der Waals surface area (Å²) in [6, 6.07) is 19.6. The highest BCUT2D eigenvalue weighted by Gasteiger charge is 2.05. The van der Waals surface area contributed by atoms with Gasteiger partial charge in [-0.2, -0.15) is 0 Å². The fraction of sp³-hybridized carbons (Fsp3) is 0.200. The molecule has 1 aromatic heterocycles. The first-order valence-corrected chi connectivity index (χ1v) is 7.64. The van der Waals surface area contributed by atoms with Crippen LogP contribution in [0.2, 0.25) is 0 Å². The zero-order valence-electron chi connectivity index (χ0n) is 13.0. The quantitative estimate of drug-likeness (QED) is 0.707. The molecule has 2 heteroatoms. The lowest BCUT2D eigenvalue weighted by molar-refractivity contribution is 0.568. The fourth-order valence-electron chi connectivity index (χ4n) is 2.53. The lowest BCUT2D eigenvalue weighted by atomic mass is 10.0. The Balaban J connectivity index is 1.66. The van der Waals surface area contributed by atoms with Crippen LogP contribution in [0.3, 0.4) is 0 Å². The van der Waals surface area contributed by atoms with Crippen LogP contribution in [-0.2, 0) is 6.54 Å². The highest BCUT2D eigenvalue weighted by molar-refractivity contribution is 5.62. The molecule has 0 bridgehead atoms. The molecule has 0 aliphatic rings. The average molecular weight is 291 g/mol. The Morgan fingerprint density at radius 3 is 2.55 bits per heavy atom. The molecule has 1 atom stereocenters. The monoisotopic (exact) mass is 291 g/mol. The molecule has 112 valence electrons. The van der Waals surface area contributed by atoms with Gasteiger partial charge in [-0.3, -0.25) is 0 Å². The van der Waals surface area contributed by atoms with Gasteiger partial charge in [0.2, 0.25) is 0 Å². The molecule has 3 aromatic rings. The van der Waals surface area contributed by atoms with Crippen molar-refractivity contribution in [3.8, 4) is 11.1 Å². The molecule has 2 nitrogen and oxygen atoms in total. The molecule has 1 unspecified atom stereocenters. The van der Waals surface area contributed by atoms with Gasteiger partial charge in [0.15, 0.2) is 0 Å². The minimum absolute atomic E-state index is 0.332. The van der Waals surface area contributed by atoms with E-state index in [0.29, 0.717) is 6.04 Å². The van der Waals surface area contributed by atoms with Crippen molar-refractivity contribution in [2.75, 3.05) is 0 Å². The third-order valence-electron chi connectivity index (χ3n) is 3.97. The molecule has 0 fully saturated rings. The predicted octanol–water partition coefficient (Wildman–Crippen LogP) is 5.11. The second kappa shape index (κ2) is 6.63. The van der Waals surface area contributed by atoms with E-state index in [1.165, 1.54) is 22.3 Å². The molecule has 1 heterocycles. The van der Waals surface area contributed by atoms with Gasteiger partial charge in [0.05, 0.1) is 12.5 Å². The zero-order valence-corrected chi connectivity index (χ0v) is 13.0. The third-order valence-corrected chi connectivity index (χ3v) is 3.97. The van der Waals surface area contributed by atoms with Crippen molar-refractivity contribution in [1.29, 1.82) is 0 Å². The summed E-state index contributed by atoms with van der Waals surface area (Å²) in [5.41, 5.74) is 6.20. The summed E-state index contributed by atoms with van der Waals surface area (Å²) < 4.78 is 5.16. The standard InChI is InChI=1S/C20H21NO/c1-15-6-8-18(9-7-15)16(2)21-13-17-4-3-5-19(12-17)20-10-11-22-14-20/h3-12,14,16,21H,13H2,1-2H3. The summed E-state index contributed by atoms with van der Waals surface area (Å²) in [6.07, 6.45) is 3.49. The van der Waals surface area contributed by atoms with Crippen molar-refractivity contribution in [1.82, 2.24) is 5.32 Å². The molecule has 0 saturated heterocycles. The van der Waals surface area contributed by atoms with Crippen LogP contribution >= 0.6 is 0 Å². The molecule has 0 radical (unpaired) electrons. The van der Waals surface area contributed by atoms with Gasteiger partial charge in [0, 0.05) is 18.2 Å². The Kier molecular flexibility index (Phi) is 4.40.